The normalized spacial score (nSPS) is 11.4. The van der Waals surface area contributed by atoms with Crippen LogP contribution in [0.15, 0.2) is 24.3 Å². The van der Waals surface area contributed by atoms with Crippen molar-refractivity contribution >= 4 is 26.9 Å². The van der Waals surface area contributed by atoms with E-state index in [1.54, 1.807) is 19.3 Å². The first-order valence-electron chi connectivity index (χ1n) is 13.3. The Bertz CT molecular complexity index is 818. The molecule has 0 spiro atoms. The first-order valence-corrected chi connectivity index (χ1v) is 15.3. The number of benzene rings is 1. The molecule has 1 aromatic carbocycles. The summed E-state index contributed by atoms with van der Waals surface area (Å²) in [4.78, 5) is 23.2. The second-order valence-electron chi connectivity index (χ2n) is 8.18. The summed E-state index contributed by atoms with van der Waals surface area (Å²) >= 11 is 0. The zero-order chi connectivity index (χ0) is 28.1. The summed E-state index contributed by atoms with van der Waals surface area (Å²) in [6.07, 6.45) is 6.81. The molecule has 0 unspecified atom stereocenters. The Balaban J connectivity index is 2.19. The molecule has 0 atom stereocenters. The van der Waals surface area contributed by atoms with Gasteiger partial charge in [-0.25, -0.2) is 9.59 Å². The van der Waals surface area contributed by atoms with Gasteiger partial charge < -0.3 is 37.5 Å². The van der Waals surface area contributed by atoms with Crippen LogP contribution in [0, 0.1) is 0 Å². The highest BCUT2D eigenvalue weighted by Crippen LogP contribution is 2.29. The lowest BCUT2D eigenvalue weighted by molar-refractivity contribution is -0.134. The molecule has 0 aromatic heterocycles. The van der Waals surface area contributed by atoms with Gasteiger partial charge in [-0.15, -0.1) is 0 Å². The Hall–Kier alpha value is -2.60. The van der Waals surface area contributed by atoms with Gasteiger partial charge in [0, 0.05) is 38.5 Å². The number of rotatable bonds is 21. The largest absolute Gasteiger partial charge is 0.500 e. The molecule has 0 fully saturated rings. The fraction of sp³-hybridized carbons (Fsp3) is 0.630. The van der Waals surface area contributed by atoms with Crippen molar-refractivity contribution in [3.63, 3.8) is 0 Å². The maximum absolute atomic E-state index is 11.9. The van der Waals surface area contributed by atoms with Gasteiger partial charge >= 0.3 is 20.9 Å². The summed E-state index contributed by atoms with van der Waals surface area (Å²) in [5.74, 6) is 0.821. The smallest absolute Gasteiger partial charge is 0.493 e. The average molecular weight is 556 g/mol. The third kappa shape index (κ3) is 13.8. The van der Waals surface area contributed by atoms with E-state index in [1.807, 2.05) is 32.9 Å². The van der Waals surface area contributed by atoms with Crippen LogP contribution >= 0.6 is 0 Å². The number of amides is 1. The Morgan fingerprint density at radius 3 is 2.13 bits per heavy atom. The maximum Gasteiger partial charge on any atom is 0.500 e. The summed E-state index contributed by atoms with van der Waals surface area (Å²) in [6, 6.07) is 6.10. The number of nitrogens with one attached hydrogen (secondary N) is 1. The van der Waals surface area contributed by atoms with E-state index in [0.717, 1.165) is 31.2 Å². The van der Waals surface area contributed by atoms with Gasteiger partial charge in [-0.1, -0.05) is 6.07 Å². The molecule has 1 amide bonds. The Kier molecular flexibility index (Phi) is 17.9. The van der Waals surface area contributed by atoms with Crippen molar-refractivity contribution < 1.29 is 41.8 Å². The Morgan fingerprint density at radius 1 is 0.868 bits per heavy atom. The molecule has 1 rings (SSSR count). The van der Waals surface area contributed by atoms with E-state index in [-0.39, 0.29) is 0 Å². The zero-order valence-electron chi connectivity index (χ0n) is 23.5. The number of carbonyl (C=O) groups excluding carboxylic acids is 2. The number of esters is 1. The molecule has 0 saturated heterocycles. The van der Waals surface area contributed by atoms with E-state index >= 15 is 0 Å². The lowest BCUT2D eigenvalue weighted by Gasteiger charge is -2.28. The van der Waals surface area contributed by atoms with Crippen molar-refractivity contribution in [2.24, 2.45) is 0 Å². The minimum absolute atomic E-state index is 0.372. The number of alkyl carbamates (subject to hydrolysis) is 1. The fourth-order valence-corrected chi connectivity index (χ4v) is 6.20. The van der Waals surface area contributed by atoms with Crippen LogP contribution in [0.4, 0.5) is 4.79 Å². The molecule has 1 N–H and O–H groups in total. The molecule has 11 heteroatoms. The molecule has 1 aromatic rings. The van der Waals surface area contributed by atoms with Crippen molar-refractivity contribution in [3.8, 4) is 11.5 Å². The van der Waals surface area contributed by atoms with Gasteiger partial charge in [-0.3, -0.25) is 0 Å². The predicted molar refractivity (Wildman–Crippen MR) is 147 cm³/mol. The molecule has 38 heavy (non-hydrogen) atoms. The number of hydrogen-bond acceptors (Lipinski definition) is 9. The van der Waals surface area contributed by atoms with Crippen LogP contribution in [-0.4, -0.2) is 74.7 Å². The third-order valence-electron chi connectivity index (χ3n) is 5.35. The van der Waals surface area contributed by atoms with E-state index in [2.05, 4.69) is 10.1 Å². The highest BCUT2D eigenvalue weighted by Gasteiger charge is 2.39. The van der Waals surface area contributed by atoms with Crippen LogP contribution in [0.5, 0.6) is 11.5 Å². The van der Waals surface area contributed by atoms with Crippen molar-refractivity contribution in [1.29, 1.82) is 0 Å². The second kappa shape index (κ2) is 20.4. The van der Waals surface area contributed by atoms with Gasteiger partial charge in [0.25, 0.3) is 0 Å². The lowest BCUT2D eigenvalue weighted by Crippen LogP contribution is -2.46. The van der Waals surface area contributed by atoms with Crippen LogP contribution in [0.1, 0.15) is 58.4 Å². The summed E-state index contributed by atoms with van der Waals surface area (Å²) in [7, 11) is 0.225. The summed E-state index contributed by atoms with van der Waals surface area (Å²) in [6.45, 7) is 8.77. The molecular weight excluding hydrogens is 510 g/mol. The van der Waals surface area contributed by atoms with Gasteiger partial charge in [-0.2, -0.15) is 0 Å². The van der Waals surface area contributed by atoms with Gasteiger partial charge in [0.2, 0.25) is 0 Å². The van der Waals surface area contributed by atoms with E-state index in [0.29, 0.717) is 63.5 Å². The molecule has 0 saturated carbocycles. The van der Waals surface area contributed by atoms with E-state index in [1.165, 1.54) is 13.2 Å². The average Bonchev–Trinajstić information content (AvgIpc) is 2.92. The van der Waals surface area contributed by atoms with Crippen molar-refractivity contribution in [1.82, 2.24) is 5.32 Å². The molecule has 0 aliphatic rings. The number of hydrogen-bond donors (Lipinski definition) is 1. The Morgan fingerprint density at radius 2 is 1.53 bits per heavy atom. The summed E-state index contributed by atoms with van der Waals surface area (Å²) in [5.41, 5.74) is 0.806. The minimum atomic E-state index is -2.68. The Labute approximate surface area is 228 Å². The predicted octanol–water partition coefficient (Wildman–Crippen LogP) is 4.99. The molecule has 0 radical (unpaired) electrons. The third-order valence-corrected chi connectivity index (χ3v) is 8.50. The quantitative estimate of drug-likeness (QED) is 0.0971. The van der Waals surface area contributed by atoms with E-state index < -0.39 is 20.9 Å². The van der Waals surface area contributed by atoms with Gasteiger partial charge in [0.15, 0.2) is 11.5 Å². The van der Waals surface area contributed by atoms with Crippen LogP contribution in [0.2, 0.25) is 6.04 Å². The van der Waals surface area contributed by atoms with E-state index in [4.69, 9.17) is 27.5 Å². The van der Waals surface area contributed by atoms with Crippen LogP contribution in [0.3, 0.4) is 0 Å². The summed E-state index contributed by atoms with van der Waals surface area (Å²) in [5, 5.41) is 2.78. The number of carbonyl (C=O) groups is 2. The minimum Gasteiger partial charge on any atom is -0.493 e. The first-order chi connectivity index (χ1) is 18.4. The van der Waals surface area contributed by atoms with Crippen LogP contribution in [-0.2, 0) is 27.5 Å². The monoisotopic (exact) mass is 555 g/mol. The molecule has 0 bridgehead atoms. The molecule has 216 valence electrons. The van der Waals surface area contributed by atoms with Crippen molar-refractivity contribution in [2.75, 3.05) is 53.8 Å². The zero-order valence-corrected chi connectivity index (χ0v) is 24.5. The van der Waals surface area contributed by atoms with Crippen LogP contribution in [0.25, 0.3) is 6.08 Å². The molecule has 0 heterocycles. The highest BCUT2D eigenvalue weighted by molar-refractivity contribution is 6.60. The van der Waals surface area contributed by atoms with Crippen molar-refractivity contribution in [2.45, 2.75) is 58.9 Å². The number of methoxy groups -OCH3 is 2. The van der Waals surface area contributed by atoms with Gasteiger partial charge in [0.05, 0.1) is 27.4 Å². The second-order valence-corrected chi connectivity index (χ2v) is 10.9. The van der Waals surface area contributed by atoms with Gasteiger partial charge in [0.1, 0.15) is 0 Å². The highest BCUT2D eigenvalue weighted by atomic mass is 28.4. The SMILES string of the molecule is CCO[Si](CCCNC(=O)OCCCCCCOc1ccc(C=CC(=O)OC)cc1OC)(OCC)OCC. The number of unbranched alkanes of at least 4 members (excludes halogenated alkanes) is 3. The van der Waals surface area contributed by atoms with E-state index in [9.17, 15) is 9.59 Å². The fourth-order valence-electron chi connectivity index (χ4n) is 3.59. The first kappa shape index (κ1) is 33.4. The lowest BCUT2D eigenvalue weighted by atomic mass is 10.2. The van der Waals surface area contributed by atoms with Gasteiger partial charge in [-0.05, 0) is 76.6 Å². The standard InChI is InChI=1S/C27H45NO9Si/c1-6-35-38(36-7-2,37-8-3)21-13-18-28-27(30)34-20-12-10-9-11-19-33-24-16-14-23(22-25(24)31-4)15-17-26(29)32-5/h14-17,22H,6-13,18-21H2,1-5H3,(H,28,30). The summed E-state index contributed by atoms with van der Waals surface area (Å²) < 4.78 is 38.5. The molecular formula is C27H45NO9Si. The molecule has 10 nitrogen and oxygen atoms in total. The maximum atomic E-state index is 11.9. The van der Waals surface area contributed by atoms with Crippen LogP contribution < -0.4 is 14.8 Å². The number of ether oxygens (including phenoxy) is 4. The topological polar surface area (TPSA) is 111 Å². The molecule has 0 aliphatic carbocycles. The van der Waals surface area contributed by atoms with Crippen molar-refractivity contribution in [3.05, 3.63) is 29.8 Å². The molecule has 0 aliphatic heterocycles.